The smallest absolute Gasteiger partial charge is 0.265 e. The number of hydrogen-bond acceptors (Lipinski definition) is 4. The Morgan fingerprint density at radius 3 is 2.83 bits per heavy atom. The molecule has 0 spiro atoms. The highest BCUT2D eigenvalue weighted by atomic mass is 16.3. The van der Waals surface area contributed by atoms with Gasteiger partial charge in [0.25, 0.3) is 5.91 Å². The molecule has 120 valence electrons. The topological polar surface area (TPSA) is 70.8 Å². The average Bonchev–Trinajstić information content (AvgIpc) is 3.16. The van der Waals surface area contributed by atoms with Crippen molar-refractivity contribution in [2.45, 2.75) is 12.0 Å². The fraction of sp³-hybridized carbons (Fsp3) is 0.158. The molecule has 1 N–H and O–H groups in total. The van der Waals surface area contributed by atoms with Crippen LogP contribution in [0.2, 0.25) is 0 Å². The van der Waals surface area contributed by atoms with Crippen molar-refractivity contribution in [3.05, 3.63) is 60.1 Å². The van der Waals surface area contributed by atoms with Crippen LogP contribution in [-0.4, -0.2) is 23.3 Å². The molecule has 0 saturated heterocycles. The lowest BCUT2D eigenvalue weighted by molar-refractivity contribution is -0.140. The minimum absolute atomic E-state index is 0.0363. The number of fused-ring (bicyclic) bond motifs is 1. The van der Waals surface area contributed by atoms with Gasteiger partial charge in [0.15, 0.2) is 11.4 Å². The van der Waals surface area contributed by atoms with Gasteiger partial charge in [-0.1, -0.05) is 24.1 Å². The van der Waals surface area contributed by atoms with Gasteiger partial charge in [0.2, 0.25) is 0 Å². The third-order valence-corrected chi connectivity index (χ3v) is 3.90. The van der Waals surface area contributed by atoms with Crippen LogP contribution in [0.5, 0.6) is 0 Å². The Morgan fingerprint density at radius 2 is 2.12 bits per heavy atom. The van der Waals surface area contributed by atoms with Gasteiger partial charge in [-0.3, -0.25) is 14.5 Å². The fourth-order valence-electron chi connectivity index (χ4n) is 2.80. The Labute approximate surface area is 139 Å². The molecule has 5 nitrogen and oxygen atoms in total. The molecule has 0 bridgehead atoms. The number of furan rings is 1. The van der Waals surface area contributed by atoms with E-state index in [1.165, 1.54) is 23.3 Å². The normalized spacial score (nSPS) is 19.5. The maximum absolute atomic E-state index is 12.6. The number of aliphatic hydroxyl groups is 1. The molecule has 0 unspecified atom stereocenters. The van der Waals surface area contributed by atoms with Crippen LogP contribution in [0.4, 0.5) is 5.69 Å². The quantitative estimate of drug-likeness (QED) is 0.676. The van der Waals surface area contributed by atoms with E-state index in [-0.39, 0.29) is 18.7 Å². The molecule has 1 aliphatic rings. The number of benzene rings is 1. The maximum atomic E-state index is 12.6. The first-order valence-electron chi connectivity index (χ1n) is 7.38. The Kier molecular flexibility index (Phi) is 4.07. The van der Waals surface area contributed by atoms with Crippen molar-refractivity contribution in [3.8, 4) is 12.3 Å². The van der Waals surface area contributed by atoms with Crippen molar-refractivity contribution in [2.75, 3.05) is 11.4 Å². The third-order valence-electron chi connectivity index (χ3n) is 3.90. The van der Waals surface area contributed by atoms with E-state index in [0.29, 0.717) is 17.0 Å². The van der Waals surface area contributed by atoms with Crippen LogP contribution in [0, 0.1) is 12.3 Å². The van der Waals surface area contributed by atoms with Gasteiger partial charge in [-0.2, -0.15) is 0 Å². The highest BCUT2D eigenvalue weighted by molar-refractivity contribution is 6.10. The van der Waals surface area contributed by atoms with Crippen molar-refractivity contribution < 1.29 is 19.1 Å². The molecule has 0 aliphatic carbocycles. The van der Waals surface area contributed by atoms with Gasteiger partial charge >= 0.3 is 0 Å². The number of carbonyl (C=O) groups is 2. The molecule has 1 aromatic heterocycles. The standard InChI is InChI=1S/C19H15NO4/c1-2-11-20-17-8-4-3-7-16(17)19(23,18(20)22)13-14(21)9-10-15-6-5-12-24-15/h1,3-10,12,23H,11,13H2/b10-9+/t19-/m0/s1. The van der Waals surface area contributed by atoms with Crippen LogP contribution >= 0.6 is 0 Å². The van der Waals surface area contributed by atoms with Crippen molar-refractivity contribution in [3.63, 3.8) is 0 Å². The summed E-state index contributed by atoms with van der Waals surface area (Å²) >= 11 is 0. The lowest BCUT2D eigenvalue weighted by Crippen LogP contribution is -2.41. The molecule has 2 heterocycles. The van der Waals surface area contributed by atoms with E-state index in [4.69, 9.17) is 10.8 Å². The van der Waals surface area contributed by atoms with Gasteiger partial charge in [0, 0.05) is 5.56 Å². The average molecular weight is 321 g/mol. The highest BCUT2D eigenvalue weighted by Gasteiger charge is 2.50. The lowest BCUT2D eigenvalue weighted by atomic mass is 9.90. The van der Waals surface area contributed by atoms with Crippen LogP contribution in [0.25, 0.3) is 6.08 Å². The summed E-state index contributed by atoms with van der Waals surface area (Å²) in [7, 11) is 0. The molecule has 0 radical (unpaired) electrons. The van der Waals surface area contributed by atoms with Crippen LogP contribution in [-0.2, 0) is 15.2 Å². The maximum Gasteiger partial charge on any atom is 0.265 e. The van der Waals surface area contributed by atoms with Gasteiger partial charge in [-0.15, -0.1) is 6.42 Å². The van der Waals surface area contributed by atoms with Gasteiger partial charge < -0.3 is 9.52 Å². The van der Waals surface area contributed by atoms with Crippen molar-refractivity contribution in [1.82, 2.24) is 0 Å². The molecular weight excluding hydrogens is 306 g/mol. The monoisotopic (exact) mass is 321 g/mol. The predicted molar refractivity (Wildman–Crippen MR) is 88.9 cm³/mol. The molecule has 2 aromatic rings. The zero-order valence-electron chi connectivity index (χ0n) is 12.8. The molecule has 5 heteroatoms. The van der Waals surface area contributed by atoms with Gasteiger partial charge in [0.05, 0.1) is 24.9 Å². The van der Waals surface area contributed by atoms with Crippen LogP contribution in [0.3, 0.4) is 0 Å². The van der Waals surface area contributed by atoms with E-state index in [0.717, 1.165) is 0 Å². The summed E-state index contributed by atoms with van der Waals surface area (Å²) in [6, 6.07) is 10.2. The summed E-state index contributed by atoms with van der Waals surface area (Å²) < 4.78 is 5.11. The molecule has 1 aliphatic heterocycles. The molecule has 0 fully saturated rings. The van der Waals surface area contributed by atoms with Crippen LogP contribution in [0.15, 0.2) is 53.2 Å². The van der Waals surface area contributed by atoms with E-state index < -0.39 is 11.5 Å². The highest BCUT2D eigenvalue weighted by Crippen LogP contribution is 2.42. The summed E-state index contributed by atoms with van der Waals surface area (Å²) in [5, 5.41) is 10.9. The van der Waals surface area contributed by atoms with E-state index in [2.05, 4.69) is 5.92 Å². The lowest BCUT2D eigenvalue weighted by Gasteiger charge is -2.21. The van der Waals surface area contributed by atoms with Crippen molar-refractivity contribution >= 4 is 23.5 Å². The molecule has 1 atom stereocenters. The van der Waals surface area contributed by atoms with Crippen LogP contribution < -0.4 is 4.90 Å². The van der Waals surface area contributed by atoms with Gasteiger partial charge in [-0.05, 0) is 30.4 Å². The minimum Gasteiger partial charge on any atom is -0.465 e. The molecule has 1 aromatic carbocycles. The number of anilines is 1. The second kappa shape index (κ2) is 6.19. The van der Waals surface area contributed by atoms with Gasteiger partial charge in [0.1, 0.15) is 5.76 Å². The number of terminal acetylenes is 1. The first-order chi connectivity index (χ1) is 11.6. The first kappa shape index (κ1) is 15.8. The second-order valence-electron chi connectivity index (χ2n) is 5.46. The summed E-state index contributed by atoms with van der Waals surface area (Å²) in [5.74, 6) is 1.94. The number of para-hydroxylation sites is 1. The van der Waals surface area contributed by atoms with E-state index in [1.54, 1.807) is 36.4 Å². The van der Waals surface area contributed by atoms with E-state index in [1.807, 2.05) is 0 Å². The van der Waals surface area contributed by atoms with E-state index in [9.17, 15) is 14.7 Å². The first-order valence-corrected chi connectivity index (χ1v) is 7.38. The number of allylic oxidation sites excluding steroid dienone is 1. The molecule has 1 amide bonds. The largest absolute Gasteiger partial charge is 0.465 e. The Morgan fingerprint density at radius 1 is 1.33 bits per heavy atom. The number of ketones is 1. The Hall–Kier alpha value is -3.10. The summed E-state index contributed by atoms with van der Waals surface area (Å²) in [6.07, 6.45) is 9.22. The SMILES string of the molecule is C#CCN1C(=O)[C@](O)(CC(=O)/C=C/c2ccco2)c2ccccc21. The summed E-state index contributed by atoms with van der Waals surface area (Å²) in [5.41, 5.74) is -0.978. The zero-order chi connectivity index (χ0) is 17.2. The fourth-order valence-corrected chi connectivity index (χ4v) is 2.80. The van der Waals surface area contributed by atoms with Crippen molar-refractivity contribution in [1.29, 1.82) is 0 Å². The number of amides is 1. The zero-order valence-corrected chi connectivity index (χ0v) is 12.8. The number of nitrogens with zero attached hydrogens (tertiary/aromatic N) is 1. The second-order valence-corrected chi connectivity index (χ2v) is 5.46. The summed E-state index contributed by atoms with van der Waals surface area (Å²) in [6.45, 7) is 0.0363. The predicted octanol–water partition coefficient (Wildman–Crippen LogP) is 2.12. The Balaban J connectivity index is 1.87. The van der Waals surface area contributed by atoms with Crippen LogP contribution in [0.1, 0.15) is 17.7 Å². The van der Waals surface area contributed by atoms with E-state index >= 15 is 0 Å². The Bertz CT molecular complexity index is 845. The molecular formula is C19H15NO4. The minimum atomic E-state index is -1.90. The molecule has 3 rings (SSSR count). The molecule has 0 saturated carbocycles. The summed E-state index contributed by atoms with van der Waals surface area (Å²) in [4.78, 5) is 26.2. The number of carbonyl (C=O) groups excluding carboxylic acids is 2. The third kappa shape index (κ3) is 2.64. The number of rotatable bonds is 5. The molecule has 24 heavy (non-hydrogen) atoms. The van der Waals surface area contributed by atoms with Gasteiger partial charge in [-0.25, -0.2) is 0 Å². The van der Waals surface area contributed by atoms with Crippen molar-refractivity contribution in [2.24, 2.45) is 0 Å². The number of hydrogen-bond donors (Lipinski definition) is 1.